The van der Waals surface area contributed by atoms with Crippen molar-refractivity contribution < 1.29 is 0 Å². The molecule has 0 saturated carbocycles. The largest absolute Gasteiger partial charge is 0.303 e. The van der Waals surface area contributed by atoms with E-state index in [2.05, 4.69) is 32.6 Å². The molecular formula is C42H87N. The molecule has 0 spiro atoms. The number of unbranched alkanes of at least 4 members (excludes halogenated alkanes) is 30. The molecule has 0 N–H and O–H groups in total. The Bertz CT molecular complexity index is 438. The minimum Gasteiger partial charge on any atom is -0.303 e. The maximum Gasteiger partial charge on any atom is -0.00187 e. The molecule has 0 unspecified atom stereocenters. The molecule has 0 radical (unpaired) electrons. The smallest absolute Gasteiger partial charge is 0.00187 e. The van der Waals surface area contributed by atoms with Crippen LogP contribution in [0.1, 0.15) is 246 Å². The average Bonchev–Trinajstić information content (AvgIpc) is 3.00. The Labute approximate surface area is 275 Å². The number of rotatable bonds is 38. The Morgan fingerprint density at radius 3 is 0.721 bits per heavy atom. The summed E-state index contributed by atoms with van der Waals surface area (Å²) in [6.07, 6.45) is 49.7. The summed E-state index contributed by atoms with van der Waals surface area (Å²) < 4.78 is 0. The lowest BCUT2D eigenvalue weighted by atomic mass is 10.0. The molecule has 260 valence electrons. The van der Waals surface area contributed by atoms with E-state index in [-0.39, 0.29) is 0 Å². The molecule has 0 rings (SSSR count). The second-order valence-corrected chi connectivity index (χ2v) is 15.0. The third kappa shape index (κ3) is 38.1. The Morgan fingerprint density at radius 2 is 0.488 bits per heavy atom. The summed E-state index contributed by atoms with van der Waals surface area (Å²) in [6, 6.07) is 0. The van der Waals surface area contributed by atoms with Gasteiger partial charge in [0.25, 0.3) is 0 Å². The van der Waals surface area contributed by atoms with Crippen LogP contribution in [0.4, 0.5) is 0 Å². The van der Waals surface area contributed by atoms with Crippen LogP contribution in [0.5, 0.6) is 0 Å². The van der Waals surface area contributed by atoms with Crippen LogP contribution in [0.3, 0.4) is 0 Å². The summed E-state index contributed by atoms with van der Waals surface area (Å²) in [6.45, 7) is 13.5. The van der Waals surface area contributed by atoms with Crippen molar-refractivity contribution in [2.45, 2.75) is 246 Å². The number of hydrogen-bond acceptors (Lipinski definition) is 1. The molecule has 1 nitrogen and oxygen atoms in total. The van der Waals surface area contributed by atoms with Crippen LogP contribution in [-0.4, -0.2) is 24.5 Å². The zero-order valence-electron chi connectivity index (χ0n) is 31.2. The Hall–Kier alpha value is -0.0400. The second kappa shape index (κ2) is 38.1. The lowest BCUT2D eigenvalue weighted by Crippen LogP contribution is -2.27. The standard InChI is InChI=1S/C42H87N/c1-5-7-9-11-13-15-17-19-21-23-25-27-29-31-35-39-43(41-37-33-34-38-42(3)4)40-36-32-30-28-26-24-22-20-18-16-14-12-10-8-6-2/h42H,5-41H2,1-4H3. The predicted octanol–water partition coefficient (Wildman–Crippen LogP) is 15.2. The van der Waals surface area contributed by atoms with Gasteiger partial charge in [0.15, 0.2) is 0 Å². The SMILES string of the molecule is CCCCCCCCCCCCCCCCCN(CCCCCCCCCCCCCCCCC)CCCCCC(C)C. The quantitative estimate of drug-likeness (QED) is 0.0633. The Balaban J connectivity index is 3.74. The van der Waals surface area contributed by atoms with Gasteiger partial charge in [0, 0.05) is 0 Å². The third-order valence-corrected chi connectivity index (χ3v) is 9.91. The maximum atomic E-state index is 2.85. The fourth-order valence-corrected chi connectivity index (χ4v) is 6.81. The third-order valence-electron chi connectivity index (χ3n) is 9.91. The van der Waals surface area contributed by atoms with Crippen molar-refractivity contribution in [1.82, 2.24) is 4.90 Å². The van der Waals surface area contributed by atoms with E-state index in [1.807, 2.05) is 0 Å². The lowest BCUT2D eigenvalue weighted by molar-refractivity contribution is 0.253. The van der Waals surface area contributed by atoms with Crippen molar-refractivity contribution in [2.75, 3.05) is 19.6 Å². The molecule has 0 saturated heterocycles. The first-order valence-electron chi connectivity index (χ1n) is 20.9. The van der Waals surface area contributed by atoms with Crippen molar-refractivity contribution in [3.8, 4) is 0 Å². The molecule has 0 aliphatic heterocycles. The van der Waals surface area contributed by atoms with Crippen LogP contribution in [0, 0.1) is 5.92 Å². The highest BCUT2D eigenvalue weighted by Crippen LogP contribution is 2.16. The van der Waals surface area contributed by atoms with Crippen molar-refractivity contribution in [3.63, 3.8) is 0 Å². The van der Waals surface area contributed by atoms with Crippen LogP contribution < -0.4 is 0 Å². The molecule has 0 fully saturated rings. The highest BCUT2D eigenvalue weighted by molar-refractivity contribution is 4.61. The highest BCUT2D eigenvalue weighted by Gasteiger charge is 2.06. The van der Waals surface area contributed by atoms with Gasteiger partial charge in [0.1, 0.15) is 0 Å². The summed E-state index contributed by atoms with van der Waals surface area (Å²) in [5, 5.41) is 0. The Kier molecular flexibility index (Phi) is 38.1. The van der Waals surface area contributed by atoms with Crippen LogP contribution >= 0.6 is 0 Å². The molecule has 0 atom stereocenters. The lowest BCUT2D eigenvalue weighted by Gasteiger charge is -2.22. The monoisotopic (exact) mass is 606 g/mol. The highest BCUT2D eigenvalue weighted by atomic mass is 15.1. The van der Waals surface area contributed by atoms with Crippen molar-refractivity contribution in [2.24, 2.45) is 5.92 Å². The molecule has 0 aromatic heterocycles. The Morgan fingerprint density at radius 1 is 0.279 bits per heavy atom. The van der Waals surface area contributed by atoms with E-state index in [1.165, 1.54) is 238 Å². The summed E-state index contributed by atoms with van der Waals surface area (Å²) >= 11 is 0. The normalized spacial score (nSPS) is 11.9. The van der Waals surface area contributed by atoms with E-state index in [1.54, 1.807) is 0 Å². The zero-order chi connectivity index (χ0) is 31.3. The first-order chi connectivity index (χ1) is 21.2. The van der Waals surface area contributed by atoms with Gasteiger partial charge in [-0.3, -0.25) is 0 Å². The molecule has 0 amide bonds. The first-order valence-corrected chi connectivity index (χ1v) is 20.9. The molecule has 43 heavy (non-hydrogen) atoms. The average molecular weight is 606 g/mol. The van der Waals surface area contributed by atoms with E-state index < -0.39 is 0 Å². The first kappa shape index (κ1) is 43.0. The summed E-state index contributed by atoms with van der Waals surface area (Å²) in [5.74, 6) is 0.872. The van der Waals surface area contributed by atoms with Gasteiger partial charge in [-0.1, -0.05) is 227 Å². The molecular weight excluding hydrogens is 518 g/mol. The van der Waals surface area contributed by atoms with Gasteiger partial charge >= 0.3 is 0 Å². The molecule has 0 aliphatic rings. The van der Waals surface area contributed by atoms with Gasteiger partial charge < -0.3 is 4.90 Å². The van der Waals surface area contributed by atoms with E-state index in [9.17, 15) is 0 Å². The van der Waals surface area contributed by atoms with Gasteiger partial charge in [0.2, 0.25) is 0 Å². The van der Waals surface area contributed by atoms with E-state index >= 15 is 0 Å². The van der Waals surface area contributed by atoms with Gasteiger partial charge in [-0.15, -0.1) is 0 Å². The summed E-state index contributed by atoms with van der Waals surface area (Å²) in [7, 11) is 0. The molecule has 1 heteroatoms. The summed E-state index contributed by atoms with van der Waals surface area (Å²) in [5.41, 5.74) is 0. The molecule has 0 heterocycles. The predicted molar refractivity (Wildman–Crippen MR) is 200 cm³/mol. The number of hydrogen-bond donors (Lipinski definition) is 0. The molecule has 0 aromatic rings. The minimum absolute atomic E-state index is 0.872. The zero-order valence-corrected chi connectivity index (χ0v) is 31.2. The fraction of sp³-hybridized carbons (Fsp3) is 1.00. The fourth-order valence-electron chi connectivity index (χ4n) is 6.81. The minimum atomic E-state index is 0.872. The second-order valence-electron chi connectivity index (χ2n) is 15.0. The van der Waals surface area contributed by atoms with E-state index in [0.29, 0.717) is 0 Å². The summed E-state index contributed by atoms with van der Waals surface area (Å²) in [4.78, 5) is 2.85. The van der Waals surface area contributed by atoms with Crippen LogP contribution in [0.25, 0.3) is 0 Å². The van der Waals surface area contributed by atoms with Crippen molar-refractivity contribution >= 4 is 0 Å². The van der Waals surface area contributed by atoms with Gasteiger partial charge in [-0.2, -0.15) is 0 Å². The topological polar surface area (TPSA) is 3.24 Å². The van der Waals surface area contributed by atoms with Gasteiger partial charge in [0.05, 0.1) is 0 Å². The molecule has 0 aromatic carbocycles. The van der Waals surface area contributed by atoms with Crippen LogP contribution in [0.15, 0.2) is 0 Å². The van der Waals surface area contributed by atoms with Gasteiger partial charge in [-0.05, 0) is 44.8 Å². The maximum absolute atomic E-state index is 2.85. The number of nitrogens with zero attached hydrogens (tertiary/aromatic N) is 1. The molecule has 0 bridgehead atoms. The van der Waals surface area contributed by atoms with Crippen molar-refractivity contribution in [3.05, 3.63) is 0 Å². The molecule has 0 aliphatic carbocycles. The van der Waals surface area contributed by atoms with E-state index in [0.717, 1.165) is 5.92 Å². The van der Waals surface area contributed by atoms with Crippen molar-refractivity contribution in [1.29, 1.82) is 0 Å². The van der Waals surface area contributed by atoms with Crippen LogP contribution in [-0.2, 0) is 0 Å². The van der Waals surface area contributed by atoms with E-state index in [4.69, 9.17) is 0 Å². The van der Waals surface area contributed by atoms with Crippen LogP contribution in [0.2, 0.25) is 0 Å². The van der Waals surface area contributed by atoms with Gasteiger partial charge in [-0.25, -0.2) is 0 Å².